The van der Waals surface area contributed by atoms with Gasteiger partial charge in [-0.2, -0.15) is 0 Å². The highest BCUT2D eigenvalue weighted by atomic mass is 35.5. The van der Waals surface area contributed by atoms with E-state index in [1.807, 2.05) is 13.0 Å². The molecule has 0 fully saturated rings. The molecule has 0 amide bonds. The molecule has 0 radical (unpaired) electrons. The van der Waals surface area contributed by atoms with Crippen molar-refractivity contribution in [1.29, 1.82) is 0 Å². The molecule has 0 heterocycles. The first-order valence-electron chi connectivity index (χ1n) is 10.1. The molecule has 0 saturated heterocycles. The lowest BCUT2D eigenvalue weighted by Crippen LogP contribution is -2.15. The molecule has 0 aliphatic rings. The summed E-state index contributed by atoms with van der Waals surface area (Å²) in [7, 11) is 0. The van der Waals surface area contributed by atoms with E-state index in [1.54, 1.807) is 18.2 Å². The van der Waals surface area contributed by atoms with Gasteiger partial charge in [0.25, 0.3) is 0 Å². The van der Waals surface area contributed by atoms with Gasteiger partial charge in [0.2, 0.25) is 0 Å². The summed E-state index contributed by atoms with van der Waals surface area (Å²) >= 11 is 6.02. The summed E-state index contributed by atoms with van der Waals surface area (Å²) in [6.07, 6.45) is 15.5. The third kappa shape index (κ3) is 10.5. The van der Waals surface area contributed by atoms with E-state index < -0.39 is 0 Å². The first-order valence-corrected chi connectivity index (χ1v) is 10.5. The van der Waals surface area contributed by atoms with Gasteiger partial charge in [0.1, 0.15) is 0 Å². The van der Waals surface area contributed by atoms with Crippen molar-refractivity contribution in [3.05, 3.63) is 34.9 Å². The van der Waals surface area contributed by atoms with Crippen molar-refractivity contribution in [2.75, 3.05) is 0 Å². The van der Waals surface area contributed by atoms with Crippen LogP contribution in [0.1, 0.15) is 101 Å². The number of benzene rings is 1. The molecule has 2 nitrogen and oxygen atoms in total. The molecule has 0 saturated carbocycles. The lowest BCUT2D eigenvalue weighted by atomic mass is 10.0. The SMILES string of the molecule is CCCCCCCCCCCCCC(C)OC(=O)c1ccccc1Cl. The predicted octanol–water partition coefficient (Wildman–Crippen LogP) is 7.59. The van der Waals surface area contributed by atoms with E-state index in [4.69, 9.17) is 16.3 Å². The first kappa shape index (κ1) is 22.0. The van der Waals surface area contributed by atoms with Crippen LogP contribution in [0.2, 0.25) is 5.02 Å². The third-order valence-electron chi connectivity index (χ3n) is 4.62. The molecular weight excluding hydrogens is 332 g/mol. The maximum absolute atomic E-state index is 12.1. The Labute approximate surface area is 159 Å². The number of unbranched alkanes of at least 4 members (excludes halogenated alkanes) is 10. The van der Waals surface area contributed by atoms with Crippen LogP contribution < -0.4 is 0 Å². The quantitative estimate of drug-likeness (QED) is 0.250. The van der Waals surface area contributed by atoms with Crippen LogP contribution in [-0.2, 0) is 4.74 Å². The average molecular weight is 367 g/mol. The molecule has 0 aromatic heterocycles. The minimum Gasteiger partial charge on any atom is -0.459 e. The molecule has 0 bridgehead atoms. The van der Waals surface area contributed by atoms with E-state index in [0.29, 0.717) is 10.6 Å². The Morgan fingerprint density at radius 1 is 0.920 bits per heavy atom. The maximum Gasteiger partial charge on any atom is 0.339 e. The zero-order chi connectivity index (χ0) is 18.3. The molecule has 1 aromatic rings. The highest BCUT2D eigenvalue weighted by Gasteiger charge is 2.14. The van der Waals surface area contributed by atoms with Crippen molar-refractivity contribution >= 4 is 17.6 Å². The van der Waals surface area contributed by atoms with Crippen LogP contribution in [0, 0.1) is 0 Å². The summed E-state index contributed by atoms with van der Waals surface area (Å²) in [6, 6.07) is 7.04. The van der Waals surface area contributed by atoms with Crippen LogP contribution in [0.25, 0.3) is 0 Å². The first-order chi connectivity index (χ1) is 12.1. The van der Waals surface area contributed by atoms with Crippen LogP contribution in [0.15, 0.2) is 24.3 Å². The molecule has 142 valence electrons. The lowest BCUT2D eigenvalue weighted by Gasteiger charge is -2.13. The van der Waals surface area contributed by atoms with Crippen LogP contribution in [0.5, 0.6) is 0 Å². The number of carbonyl (C=O) groups is 1. The van der Waals surface area contributed by atoms with Gasteiger partial charge < -0.3 is 4.74 Å². The second-order valence-corrected chi connectivity index (χ2v) is 7.43. The number of hydrogen-bond donors (Lipinski definition) is 0. The van der Waals surface area contributed by atoms with Gasteiger partial charge in [0, 0.05) is 0 Å². The van der Waals surface area contributed by atoms with E-state index in [1.165, 1.54) is 64.2 Å². The Kier molecular flexibility index (Phi) is 12.5. The second kappa shape index (κ2) is 14.2. The minimum atomic E-state index is -0.318. The van der Waals surface area contributed by atoms with Crippen LogP contribution >= 0.6 is 11.6 Å². The van der Waals surface area contributed by atoms with E-state index in [-0.39, 0.29) is 12.1 Å². The summed E-state index contributed by atoms with van der Waals surface area (Å²) in [5.74, 6) is -0.318. The molecule has 0 N–H and O–H groups in total. The Balaban J connectivity index is 1.99. The van der Waals surface area contributed by atoms with Gasteiger partial charge in [0.15, 0.2) is 0 Å². The Bertz CT molecular complexity index is 473. The van der Waals surface area contributed by atoms with Gasteiger partial charge in [-0.25, -0.2) is 4.79 Å². The molecule has 25 heavy (non-hydrogen) atoms. The summed E-state index contributed by atoms with van der Waals surface area (Å²) in [6.45, 7) is 4.23. The minimum absolute atomic E-state index is 0.0534. The molecule has 3 heteroatoms. The molecule has 0 aliphatic heterocycles. The number of ether oxygens (including phenoxy) is 1. The predicted molar refractivity (Wildman–Crippen MR) is 107 cm³/mol. The smallest absolute Gasteiger partial charge is 0.339 e. The van der Waals surface area contributed by atoms with Gasteiger partial charge in [-0.3, -0.25) is 0 Å². The van der Waals surface area contributed by atoms with Gasteiger partial charge >= 0.3 is 5.97 Å². The van der Waals surface area contributed by atoms with Crippen molar-refractivity contribution in [2.45, 2.75) is 97.0 Å². The molecule has 0 aliphatic carbocycles. The Hall–Kier alpha value is -1.02. The highest BCUT2D eigenvalue weighted by molar-refractivity contribution is 6.33. The largest absolute Gasteiger partial charge is 0.459 e. The number of carbonyl (C=O) groups excluding carboxylic acids is 1. The molecule has 0 spiro atoms. The molecule has 1 atom stereocenters. The van der Waals surface area contributed by atoms with Crippen LogP contribution in [0.3, 0.4) is 0 Å². The van der Waals surface area contributed by atoms with Crippen molar-refractivity contribution in [3.8, 4) is 0 Å². The Morgan fingerprint density at radius 2 is 1.44 bits per heavy atom. The summed E-state index contributed by atoms with van der Waals surface area (Å²) in [4.78, 5) is 12.1. The molecule has 1 aromatic carbocycles. The fourth-order valence-electron chi connectivity index (χ4n) is 3.03. The number of hydrogen-bond acceptors (Lipinski definition) is 2. The van der Waals surface area contributed by atoms with Crippen molar-refractivity contribution in [1.82, 2.24) is 0 Å². The van der Waals surface area contributed by atoms with E-state index in [0.717, 1.165) is 12.8 Å². The fraction of sp³-hybridized carbons (Fsp3) is 0.682. The van der Waals surface area contributed by atoms with Crippen LogP contribution in [-0.4, -0.2) is 12.1 Å². The number of esters is 1. The van der Waals surface area contributed by atoms with Crippen LogP contribution in [0.4, 0.5) is 0 Å². The fourth-order valence-corrected chi connectivity index (χ4v) is 3.24. The monoisotopic (exact) mass is 366 g/mol. The average Bonchev–Trinajstić information content (AvgIpc) is 2.60. The van der Waals surface area contributed by atoms with Gasteiger partial charge in [-0.15, -0.1) is 0 Å². The maximum atomic E-state index is 12.1. The van der Waals surface area contributed by atoms with E-state index in [9.17, 15) is 4.79 Å². The number of rotatable bonds is 14. The van der Waals surface area contributed by atoms with E-state index in [2.05, 4.69) is 6.92 Å². The highest BCUT2D eigenvalue weighted by Crippen LogP contribution is 2.18. The van der Waals surface area contributed by atoms with Crippen molar-refractivity contribution < 1.29 is 9.53 Å². The van der Waals surface area contributed by atoms with Gasteiger partial charge in [-0.05, 0) is 31.9 Å². The number of halogens is 1. The molecule has 1 unspecified atom stereocenters. The molecule has 1 rings (SSSR count). The summed E-state index contributed by atoms with van der Waals surface area (Å²) < 4.78 is 5.49. The summed E-state index contributed by atoms with van der Waals surface area (Å²) in [5.41, 5.74) is 0.454. The van der Waals surface area contributed by atoms with E-state index >= 15 is 0 Å². The Morgan fingerprint density at radius 3 is 2.00 bits per heavy atom. The van der Waals surface area contributed by atoms with Crippen molar-refractivity contribution in [3.63, 3.8) is 0 Å². The third-order valence-corrected chi connectivity index (χ3v) is 4.95. The topological polar surface area (TPSA) is 26.3 Å². The normalized spacial score (nSPS) is 12.1. The zero-order valence-electron chi connectivity index (χ0n) is 16.1. The standard InChI is InChI=1S/C22H35ClO2/c1-3-4-5-6-7-8-9-10-11-12-13-16-19(2)25-22(24)20-17-14-15-18-21(20)23/h14-15,17-19H,3-13,16H2,1-2H3. The lowest BCUT2D eigenvalue weighted by molar-refractivity contribution is 0.0319. The zero-order valence-corrected chi connectivity index (χ0v) is 16.8. The van der Waals surface area contributed by atoms with Gasteiger partial charge in [0.05, 0.1) is 16.7 Å². The second-order valence-electron chi connectivity index (χ2n) is 7.02. The van der Waals surface area contributed by atoms with Crippen molar-refractivity contribution in [2.24, 2.45) is 0 Å². The van der Waals surface area contributed by atoms with Gasteiger partial charge in [-0.1, -0.05) is 94.9 Å². The molecular formula is C22H35ClO2. The summed E-state index contributed by atoms with van der Waals surface area (Å²) in [5, 5.41) is 0.453.